The largest absolute Gasteiger partial charge is 0.480 e. The molecule has 2 rings (SSSR count). The van der Waals surface area contributed by atoms with Gasteiger partial charge < -0.3 is 10.0 Å². The Kier molecular flexibility index (Phi) is 4.59. The number of carboxylic acid groups (broad SMARTS) is 1. The van der Waals surface area contributed by atoms with Gasteiger partial charge in [0.15, 0.2) is 0 Å². The number of likely N-dealkylation sites (tertiary alicyclic amines) is 1. The fourth-order valence-electron chi connectivity index (χ4n) is 2.43. The summed E-state index contributed by atoms with van der Waals surface area (Å²) in [5.74, 6) is -1.31. The summed E-state index contributed by atoms with van der Waals surface area (Å²) in [5, 5.41) is 10.3. The Bertz CT molecular complexity index is 615. The summed E-state index contributed by atoms with van der Waals surface area (Å²) in [6.45, 7) is 2.02. The molecule has 6 heteroatoms. The third kappa shape index (κ3) is 3.22. The number of carbonyl (C=O) groups is 2. The van der Waals surface area contributed by atoms with Crippen LogP contribution in [0.1, 0.15) is 25.3 Å². The van der Waals surface area contributed by atoms with Crippen molar-refractivity contribution in [2.24, 2.45) is 0 Å². The van der Waals surface area contributed by atoms with Gasteiger partial charge in [0.2, 0.25) is 5.91 Å². The van der Waals surface area contributed by atoms with Gasteiger partial charge in [0.05, 0.1) is 0 Å². The van der Waals surface area contributed by atoms with E-state index in [0.29, 0.717) is 35.0 Å². The van der Waals surface area contributed by atoms with E-state index in [9.17, 15) is 14.7 Å². The van der Waals surface area contributed by atoms with E-state index in [4.69, 9.17) is 23.2 Å². The molecule has 1 aliphatic heterocycles. The summed E-state index contributed by atoms with van der Waals surface area (Å²) in [6, 6.07) is 4.97. The van der Waals surface area contributed by atoms with Crippen molar-refractivity contribution < 1.29 is 14.7 Å². The maximum atomic E-state index is 12.2. The number of amides is 1. The summed E-state index contributed by atoms with van der Waals surface area (Å²) in [5.41, 5.74) is -0.476. The average Bonchev–Trinajstić information content (AvgIpc) is 2.81. The van der Waals surface area contributed by atoms with E-state index in [2.05, 4.69) is 0 Å². The number of nitrogens with zero attached hydrogens (tertiary/aromatic N) is 1. The first kappa shape index (κ1) is 15.9. The highest BCUT2D eigenvalue weighted by Crippen LogP contribution is 2.30. The van der Waals surface area contributed by atoms with E-state index in [1.807, 2.05) is 0 Å². The van der Waals surface area contributed by atoms with Gasteiger partial charge in [-0.2, -0.15) is 0 Å². The van der Waals surface area contributed by atoms with Crippen molar-refractivity contribution in [2.75, 3.05) is 6.54 Å². The number of hydrogen-bond donors (Lipinski definition) is 1. The number of carboxylic acids is 1. The van der Waals surface area contributed by atoms with Crippen molar-refractivity contribution in [3.63, 3.8) is 0 Å². The summed E-state index contributed by atoms with van der Waals surface area (Å²) < 4.78 is 0. The molecule has 1 saturated heterocycles. The van der Waals surface area contributed by atoms with Crippen LogP contribution in [0, 0.1) is 0 Å². The first-order valence-corrected chi connectivity index (χ1v) is 7.28. The van der Waals surface area contributed by atoms with Gasteiger partial charge in [-0.05, 0) is 43.5 Å². The molecule has 1 aromatic carbocycles. The van der Waals surface area contributed by atoms with Crippen LogP contribution in [-0.2, 0) is 9.59 Å². The molecule has 21 heavy (non-hydrogen) atoms. The van der Waals surface area contributed by atoms with Crippen LogP contribution in [0.25, 0.3) is 6.08 Å². The molecule has 0 aromatic heterocycles. The third-order valence-corrected chi connectivity index (χ3v) is 4.30. The van der Waals surface area contributed by atoms with Crippen LogP contribution in [0.2, 0.25) is 10.0 Å². The molecule has 0 saturated carbocycles. The van der Waals surface area contributed by atoms with Gasteiger partial charge >= 0.3 is 5.97 Å². The maximum absolute atomic E-state index is 12.2. The minimum absolute atomic E-state index is 0.330. The van der Waals surface area contributed by atoms with E-state index >= 15 is 0 Å². The average molecular weight is 328 g/mol. The van der Waals surface area contributed by atoms with Crippen molar-refractivity contribution in [1.82, 2.24) is 4.90 Å². The molecule has 1 amide bonds. The number of hydrogen-bond acceptors (Lipinski definition) is 2. The van der Waals surface area contributed by atoms with Gasteiger partial charge in [-0.15, -0.1) is 0 Å². The second kappa shape index (κ2) is 6.08. The van der Waals surface area contributed by atoms with Crippen LogP contribution in [0.15, 0.2) is 24.3 Å². The topological polar surface area (TPSA) is 57.6 Å². The van der Waals surface area contributed by atoms with E-state index in [0.717, 1.165) is 0 Å². The zero-order valence-electron chi connectivity index (χ0n) is 11.5. The molecule has 0 bridgehead atoms. The highest BCUT2D eigenvalue weighted by molar-refractivity contribution is 6.35. The summed E-state index contributed by atoms with van der Waals surface area (Å²) in [4.78, 5) is 25.0. The SMILES string of the molecule is CC1(C(=O)O)CCCN1C(=O)C=Cc1ccc(Cl)cc1Cl. The number of carbonyl (C=O) groups excluding carboxylic acids is 1. The molecule has 112 valence electrons. The zero-order valence-corrected chi connectivity index (χ0v) is 13.0. The van der Waals surface area contributed by atoms with Gasteiger partial charge in [0.25, 0.3) is 0 Å². The van der Waals surface area contributed by atoms with Crippen LogP contribution >= 0.6 is 23.2 Å². The molecule has 1 aliphatic rings. The molecule has 4 nitrogen and oxygen atoms in total. The second-order valence-electron chi connectivity index (χ2n) is 5.17. The van der Waals surface area contributed by atoms with Crippen molar-refractivity contribution in [1.29, 1.82) is 0 Å². The maximum Gasteiger partial charge on any atom is 0.329 e. The lowest BCUT2D eigenvalue weighted by Crippen LogP contribution is -2.50. The van der Waals surface area contributed by atoms with Crippen LogP contribution in [0.4, 0.5) is 0 Å². The van der Waals surface area contributed by atoms with Crippen LogP contribution < -0.4 is 0 Å². The van der Waals surface area contributed by atoms with Crippen molar-refractivity contribution in [2.45, 2.75) is 25.3 Å². The van der Waals surface area contributed by atoms with Crippen molar-refractivity contribution >= 4 is 41.2 Å². The minimum atomic E-state index is -1.13. The highest BCUT2D eigenvalue weighted by atomic mass is 35.5. The fraction of sp³-hybridized carbons (Fsp3) is 0.333. The first-order valence-electron chi connectivity index (χ1n) is 6.53. The third-order valence-electron chi connectivity index (χ3n) is 3.74. The fourth-order valence-corrected chi connectivity index (χ4v) is 2.90. The van der Waals surface area contributed by atoms with Gasteiger partial charge in [-0.3, -0.25) is 4.79 Å². The Morgan fingerprint density at radius 1 is 1.38 bits per heavy atom. The van der Waals surface area contributed by atoms with E-state index < -0.39 is 11.5 Å². The summed E-state index contributed by atoms with van der Waals surface area (Å²) >= 11 is 11.8. The van der Waals surface area contributed by atoms with Crippen molar-refractivity contribution in [3.05, 3.63) is 39.9 Å². The lowest BCUT2D eigenvalue weighted by molar-refractivity contribution is -0.153. The van der Waals surface area contributed by atoms with Crippen molar-refractivity contribution in [3.8, 4) is 0 Å². The van der Waals surface area contributed by atoms with Gasteiger partial charge in [-0.1, -0.05) is 29.3 Å². The summed E-state index contributed by atoms with van der Waals surface area (Å²) in [6.07, 6.45) is 4.07. The van der Waals surface area contributed by atoms with E-state index in [1.54, 1.807) is 31.2 Å². The van der Waals surface area contributed by atoms with E-state index in [-0.39, 0.29) is 5.91 Å². The molecule has 1 N–H and O–H groups in total. The Morgan fingerprint density at radius 3 is 2.71 bits per heavy atom. The lowest BCUT2D eigenvalue weighted by atomic mass is 9.99. The smallest absolute Gasteiger partial charge is 0.329 e. The normalized spacial score (nSPS) is 22.0. The molecule has 0 aliphatic carbocycles. The minimum Gasteiger partial charge on any atom is -0.480 e. The van der Waals surface area contributed by atoms with Gasteiger partial charge in [-0.25, -0.2) is 4.79 Å². The number of aliphatic carboxylic acids is 1. The van der Waals surface area contributed by atoms with Crippen LogP contribution in [0.3, 0.4) is 0 Å². The van der Waals surface area contributed by atoms with Crippen LogP contribution in [-0.4, -0.2) is 34.0 Å². The predicted octanol–water partition coefficient (Wildman–Crippen LogP) is 3.47. The van der Waals surface area contributed by atoms with Gasteiger partial charge in [0.1, 0.15) is 5.54 Å². The lowest BCUT2D eigenvalue weighted by Gasteiger charge is -2.30. The Balaban J connectivity index is 2.17. The Morgan fingerprint density at radius 2 is 2.10 bits per heavy atom. The molecule has 0 spiro atoms. The van der Waals surface area contributed by atoms with Gasteiger partial charge in [0, 0.05) is 22.7 Å². The number of benzene rings is 1. The molecule has 1 atom stereocenters. The quantitative estimate of drug-likeness (QED) is 0.865. The van der Waals surface area contributed by atoms with E-state index in [1.165, 1.54) is 11.0 Å². The molecule has 0 radical (unpaired) electrons. The molecule has 1 unspecified atom stereocenters. The molecule has 1 fully saturated rings. The summed E-state index contributed by atoms with van der Waals surface area (Å²) in [7, 11) is 0. The highest BCUT2D eigenvalue weighted by Gasteiger charge is 2.45. The molecular formula is C15H15Cl2NO3. The number of halogens is 2. The molecular weight excluding hydrogens is 313 g/mol. The second-order valence-corrected chi connectivity index (χ2v) is 6.02. The first-order chi connectivity index (χ1) is 9.84. The van der Waals surface area contributed by atoms with Crippen LogP contribution in [0.5, 0.6) is 0 Å². The predicted molar refractivity (Wildman–Crippen MR) is 82.5 cm³/mol. The zero-order chi connectivity index (χ0) is 15.6. The monoisotopic (exact) mass is 327 g/mol. The molecule has 1 heterocycles. The Hall–Kier alpha value is -1.52. The Labute approximate surface area is 133 Å². The molecule has 1 aromatic rings. The standard InChI is InChI=1S/C15H15Cl2NO3/c1-15(14(20)21)7-2-8-18(15)13(19)6-4-10-3-5-11(16)9-12(10)17/h3-6,9H,2,7-8H2,1H3,(H,20,21). The number of rotatable bonds is 3.